The fourth-order valence-electron chi connectivity index (χ4n) is 1.40. The minimum absolute atomic E-state index is 0.640. The fraction of sp³-hybridized carbons (Fsp3) is 0.182. The van der Waals surface area contributed by atoms with E-state index < -0.39 is 0 Å². The van der Waals surface area contributed by atoms with Gasteiger partial charge in [-0.3, -0.25) is 10.1 Å². The van der Waals surface area contributed by atoms with Crippen molar-refractivity contribution in [1.29, 1.82) is 0 Å². The fourth-order valence-corrected chi connectivity index (χ4v) is 1.51. The Hall–Kier alpha value is -1.48. The Labute approximate surface area is 93.7 Å². The van der Waals surface area contributed by atoms with E-state index in [-0.39, 0.29) is 0 Å². The molecule has 0 fully saturated rings. The molecule has 0 saturated heterocycles. The Kier molecular flexibility index (Phi) is 2.64. The number of nitrogens with zero attached hydrogens (tertiary/aromatic N) is 2. The molecule has 78 valence electrons. The molecule has 2 rings (SSSR count). The van der Waals surface area contributed by atoms with Crippen molar-refractivity contribution in [3.05, 3.63) is 46.9 Å². The van der Waals surface area contributed by atoms with Gasteiger partial charge in [0.05, 0.1) is 5.02 Å². The Morgan fingerprint density at radius 2 is 1.80 bits per heavy atom. The average molecular weight is 222 g/mol. The minimum Gasteiger partial charge on any atom is -0.278 e. The largest absolute Gasteiger partial charge is 0.278 e. The SMILES string of the molecule is Cc1ccc(C)n1Nc1ccc(Cl)cn1. The molecule has 0 aromatic carbocycles. The number of hydrogen-bond donors (Lipinski definition) is 1. The third-order valence-corrected chi connectivity index (χ3v) is 2.45. The summed E-state index contributed by atoms with van der Waals surface area (Å²) in [5, 5.41) is 0.640. The third-order valence-electron chi connectivity index (χ3n) is 2.22. The molecule has 0 unspecified atom stereocenters. The normalized spacial score (nSPS) is 10.3. The molecule has 0 bridgehead atoms. The van der Waals surface area contributed by atoms with Crippen LogP contribution in [0.15, 0.2) is 30.5 Å². The molecule has 1 N–H and O–H groups in total. The summed E-state index contributed by atoms with van der Waals surface area (Å²) >= 11 is 5.76. The van der Waals surface area contributed by atoms with E-state index in [1.54, 1.807) is 6.20 Å². The molecular formula is C11H12ClN3. The lowest BCUT2D eigenvalue weighted by molar-refractivity contribution is 0.871. The Morgan fingerprint density at radius 3 is 2.33 bits per heavy atom. The van der Waals surface area contributed by atoms with E-state index in [0.717, 1.165) is 17.2 Å². The van der Waals surface area contributed by atoms with Crippen molar-refractivity contribution in [2.24, 2.45) is 0 Å². The first-order valence-electron chi connectivity index (χ1n) is 4.70. The third kappa shape index (κ3) is 2.13. The highest BCUT2D eigenvalue weighted by Gasteiger charge is 2.01. The molecule has 15 heavy (non-hydrogen) atoms. The molecule has 0 aliphatic rings. The Balaban J connectivity index is 2.25. The summed E-state index contributed by atoms with van der Waals surface area (Å²) in [6, 6.07) is 7.77. The van der Waals surface area contributed by atoms with Gasteiger partial charge in [-0.2, -0.15) is 0 Å². The van der Waals surface area contributed by atoms with Crippen LogP contribution in [0.2, 0.25) is 5.02 Å². The van der Waals surface area contributed by atoms with Crippen molar-refractivity contribution in [3.63, 3.8) is 0 Å². The topological polar surface area (TPSA) is 29.9 Å². The molecular weight excluding hydrogens is 210 g/mol. The number of halogens is 1. The van der Waals surface area contributed by atoms with Crippen LogP contribution in [-0.2, 0) is 0 Å². The van der Waals surface area contributed by atoms with Crippen LogP contribution in [0.25, 0.3) is 0 Å². The number of nitrogens with one attached hydrogen (secondary N) is 1. The number of pyridine rings is 1. The van der Waals surface area contributed by atoms with E-state index in [1.807, 2.05) is 30.7 Å². The molecule has 0 saturated carbocycles. The second kappa shape index (κ2) is 3.95. The highest BCUT2D eigenvalue weighted by atomic mass is 35.5. The summed E-state index contributed by atoms with van der Waals surface area (Å²) < 4.78 is 1.98. The molecule has 4 heteroatoms. The standard InChI is InChI=1S/C11H12ClN3/c1-8-3-4-9(2)15(8)14-11-6-5-10(12)7-13-11/h3-7H,1-2H3,(H,13,14). The summed E-state index contributed by atoms with van der Waals surface area (Å²) in [6.07, 6.45) is 1.62. The molecule has 0 amide bonds. The number of aromatic nitrogens is 2. The molecule has 0 radical (unpaired) electrons. The predicted octanol–water partition coefficient (Wildman–Crippen LogP) is 3.03. The van der Waals surface area contributed by atoms with Gasteiger partial charge in [0.15, 0.2) is 0 Å². The molecule has 0 spiro atoms. The van der Waals surface area contributed by atoms with Gasteiger partial charge in [0.1, 0.15) is 5.82 Å². The average Bonchev–Trinajstić information content (AvgIpc) is 2.53. The van der Waals surface area contributed by atoms with Gasteiger partial charge in [-0.15, -0.1) is 0 Å². The van der Waals surface area contributed by atoms with Crippen LogP contribution in [0.5, 0.6) is 0 Å². The molecule has 2 heterocycles. The van der Waals surface area contributed by atoms with E-state index in [2.05, 4.69) is 22.5 Å². The van der Waals surface area contributed by atoms with Crippen LogP contribution >= 0.6 is 11.6 Å². The lowest BCUT2D eigenvalue weighted by Crippen LogP contribution is -2.12. The lowest BCUT2D eigenvalue weighted by Gasteiger charge is -2.11. The van der Waals surface area contributed by atoms with Crippen molar-refractivity contribution in [3.8, 4) is 0 Å². The zero-order valence-corrected chi connectivity index (χ0v) is 9.42. The summed E-state index contributed by atoms with van der Waals surface area (Å²) in [5.41, 5.74) is 5.48. The first-order chi connectivity index (χ1) is 7.16. The molecule has 0 aliphatic carbocycles. The summed E-state index contributed by atoms with van der Waals surface area (Å²) in [7, 11) is 0. The van der Waals surface area contributed by atoms with Gasteiger partial charge in [0.25, 0.3) is 0 Å². The van der Waals surface area contributed by atoms with Crippen LogP contribution in [0.3, 0.4) is 0 Å². The summed E-state index contributed by atoms with van der Waals surface area (Å²) in [5.74, 6) is 0.779. The van der Waals surface area contributed by atoms with Crippen LogP contribution in [0.1, 0.15) is 11.4 Å². The van der Waals surface area contributed by atoms with Gasteiger partial charge in [-0.1, -0.05) is 11.6 Å². The number of anilines is 1. The monoisotopic (exact) mass is 221 g/mol. The highest BCUT2D eigenvalue weighted by Crippen LogP contribution is 2.12. The van der Waals surface area contributed by atoms with Gasteiger partial charge in [0.2, 0.25) is 0 Å². The van der Waals surface area contributed by atoms with Crippen LogP contribution in [0.4, 0.5) is 5.82 Å². The molecule has 0 aliphatic heterocycles. The van der Waals surface area contributed by atoms with Crippen LogP contribution in [0, 0.1) is 13.8 Å². The lowest BCUT2D eigenvalue weighted by atomic mass is 10.5. The van der Waals surface area contributed by atoms with Crippen molar-refractivity contribution in [2.75, 3.05) is 5.43 Å². The van der Waals surface area contributed by atoms with Gasteiger partial charge >= 0.3 is 0 Å². The number of rotatable bonds is 2. The molecule has 2 aromatic heterocycles. The van der Waals surface area contributed by atoms with E-state index in [0.29, 0.717) is 5.02 Å². The van der Waals surface area contributed by atoms with Crippen molar-refractivity contribution < 1.29 is 0 Å². The Bertz CT molecular complexity index is 440. The zero-order chi connectivity index (χ0) is 10.8. The first kappa shape index (κ1) is 10.1. The van der Waals surface area contributed by atoms with Gasteiger partial charge < -0.3 is 0 Å². The van der Waals surface area contributed by atoms with E-state index in [4.69, 9.17) is 11.6 Å². The van der Waals surface area contributed by atoms with E-state index >= 15 is 0 Å². The molecule has 0 atom stereocenters. The van der Waals surface area contributed by atoms with Crippen LogP contribution in [-0.4, -0.2) is 9.66 Å². The van der Waals surface area contributed by atoms with Gasteiger partial charge in [-0.05, 0) is 38.1 Å². The zero-order valence-electron chi connectivity index (χ0n) is 8.66. The maximum atomic E-state index is 5.76. The molecule has 2 aromatic rings. The predicted molar refractivity (Wildman–Crippen MR) is 62.2 cm³/mol. The minimum atomic E-state index is 0.640. The van der Waals surface area contributed by atoms with Crippen molar-refractivity contribution in [1.82, 2.24) is 9.66 Å². The van der Waals surface area contributed by atoms with Crippen LogP contribution < -0.4 is 5.43 Å². The first-order valence-corrected chi connectivity index (χ1v) is 5.08. The van der Waals surface area contributed by atoms with Gasteiger partial charge in [0, 0.05) is 17.6 Å². The van der Waals surface area contributed by atoms with Crippen molar-refractivity contribution >= 4 is 17.4 Å². The quantitative estimate of drug-likeness (QED) is 0.845. The molecule has 3 nitrogen and oxygen atoms in total. The smallest absolute Gasteiger partial charge is 0.144 e. The number of hydrogen-bond acceptors (Lipinski definition) is 2. The second-order valence-corrected chi connectivity index (χ2v) is 3.86. The summed E-state index contributed by atoms with van der Waals surface area (Å²) in [4.78, 5) is 4.17. The maximum Gasteiger partial charge on any atom is 0.144 e. The second-order valence-electron chi connectivity index (χ2n) is 3.42. The van der Waals surface area contributed by atoms with E-state index in [1.165, 1.54) is 0 Å². The van der Waals surface area contributed by atoms with E-state index in [9.17, 15) is 0 Å². The Morgan fingerprint density at radius 1 is 1.13 bits per heavy atom. The highest BCUT2D eigenvalue weighted by molar-refractivity contribution is 6.30. The van der Waals surface area contributed by atoms with Gasteiger partial charge in [-0.25, -0.2) is 4.98 Å². The number of aryl methyl sites for hydroxylation is 2. The van der Waals surface area contributed by atoms with Crippen molar-refractivity contribution in [2.45, 2.75) is 13.8 Å². The summed E-state index contributed by atoms with van der Waals surface area (Å²) in [6.45, 7) is 4.08. The maximum absolute atomic E-state index is 5.76.